The molecule has 0 N–H and O–H groups in total. The molecule has 0 radical (unpaired) electrons. The van der Waals surface area contributed by atoms with Crippen molar-refractivity contribution in [1.29, 1.82) is 0 Å². The molecule has 2 aromatic heterocycles. The summed E-state index contributed by atoms with van der Waals surface area (Å²) in [4.78, 5) is 19.3. The molecule has 0 saturated heterocycles. The molecule has 4 aromatic rings. The average molecular weight is 607 g/mol. The molecule has 5 rings (SSSR count). The minimum atomic E-state index is -1.36. The van der Waals surface area contributed by atoms with Crippen LogP contribution in [-0.2, 0) is 18.5 Å². The molecule has 1 aliphatic heterocycles. The van der Waals surface area contributed by atoms with E-state index in [0.717, 1.165) is 17.6 Å². The topological polar surface area (TPSA) is 65.2 Å². The third kappa shape index (κ3) is 4.48. The molecule has 3 heterocycles. The van der Waals surface area contributed by atoms with E-state index in [1.165, 1.54) is 9.58 Å². The zero-order valence-corrected chi connectivity index (χ0v) is 24.2. The van der Waals surface area contributed by atoms with E-state index in [4.69, 9.17) is 4.74 Å². The largest absolute Gasteiger partial charge is 0.361 e. The summed E-state index contributed by atoms with van der Waals surface area (Å²) < 4.78 is 53.9. The van der Waals surface area contributed by atoms with Gasteiger partial charge in [-0.2, -0.15) is 5.10 Å². The number of nitrogens with zero attached hydrogens (tertiary/aromatic N) is 5. The highest BCUT2D eigenvalue weighted by Gasteiger charge is 2.46. The van der Waals surface area contributed by atoms with Crippen molar-refractivity contribution in [2.75, 3.05) is 11.5 Å². The first-order valence-corrected chi connectivity index (χ1v) is 16.6. The van der Waals surface area contributed by atoms with E-state index in [1.807, 2.05) is 4.57 Å². The monoisotopic (exact) mass is 605 g/mol. The SMILES string of the molecule is Cc1c2c(nn1C)C(=O)N(c1ccc3c(c1)ncn3COCC[Si](C)(C)C)C2c1c(F)cc(Br)c(F)c1F. The number of rotatable bonds is 7. The van der Waals surface area contributed by atoms with Crippen molar-refractivity contribution in [1.82, 2.24) is 19.3 Å². The van der Waals surface area contributed by atoms with Crippen LogP contribution in [0.3, 0.4) is 0 Å². The predicted octanol–water partition coefficient (Wildman–Crippen LogP) is 6.32. The molecule has 0 bridgehead atoms. The van der Waals surface area contributed by atoms with Crippen LogP contribution >= 0.6 is 15.9 Å². The van der Waals surface area contributed by atoms with Crippen LogP contribution in [0.5, 0.6) is 0 Å². The number of hydrogen-bond acceptors (Lipinski definition) is 4. The summed E-state index contributed by atoms with van der Waals surface area (Å²) in [6.45, 7) is 9.54. The third-order valence-corrected chi connectivity index (χ3v) is 9.15. The summed E-state index contributed by atoms with van der Waals surface area (Å²) in [5.41, 5.74) is 2.10. The molecule has 1 aliphatic rings. The number of ether oxygens (including phenoxy) is 1. The van der Waals surface area contributed by atoms with Crippen LogP contribution in [-0.4, -0.2) is 39.9 Å². The first-order valence-electron chi connectivity index (χ1n) is 12.1. The van der Waals surface area contributed by atoms with Crippen LogP contribution in [0.2, 0.25) is 25.7 Å². The predicted molar refractivity (Wildman–Crippen MR) is 144 cm³/mol. The lowest BCUT2D eigenvalue weighted by molar-refractivity contribution is 0.0898. The van der Waals surface area contributed by atoms with E-state index >= 15 is 8.78 Å². The standard InChI is InChI=1S/C26H27BrF3N5O2Si/c1-14-20-24(32-33(14)2)26(36)35(25(20)21-17(28)11-16(27)22(29)23(21)30)15-6-7-19-18(10-15)31-12-34(19)13-37-8-9-38(3,4)5/h6-7,10-12,25H,8-9,13H2,1-5H3. The summed E-state index contributed by atoms with van der Waals surface area (Å²) in [6, 6.07) is 5.79. The highest BCUT2D eigenvalue weighted by molar-refractivity contribution is 9.10. The van der Waals surface area contributed by atoms with Crippen LogP contribution in [0.4, 0.5) is 18.9 Å². The molecule has 0 saturated carbocycles. The first kappa shape index (κ1) is 26.6. The van der Waals surface area contributed by atoms with E-state index in [0.29, 0.717) is 35.8 Å². The number of amides is 1. The van der Waals surface area contributed by atoms with Crippen LogP contribution in [0.15, 0.2) is 35.1 Å². The van der Waals surface area contributed by atoms with E-state index in [9.17, 15) is 9.18 Å². The molecule has 7 nitrogen and oxygen atoms in total. The quantitative estimate of drug-likeness (QED) is 0.107. The van der Waals surface area contributed by atoms with Gasteiger partial charge in [0.2, 0.25) is 0 Å². The van der Waals surface area contributed by atoms with Gasteiger partial charge < -0.3 is 9.30 Å². The molecule has 0 spiro atoms. The average Bonchev–Trinajstić information content (AvgIpc) is 3.47. The summed E-state index contributed by atoms with van der Waals surface area (Å²) in [5, 5.41) is 4.29. The van der Waals surface area contributed by atoms with Gasteiger partial charge in [0.15, 0.2) is 17.3 Å². The maximum atomic E-state index is 15.3. The van der Waals surface area contributed by atoms with E-state index in [-0.39, 0.29) is 10.2 Å². The number of carbonyl (C=O) groups is 1. The van der Waals surface area contributed by atoms with Gasteiger partial charge in [0.1, 0.15) is 12.5 Å². The number of aromatic nitrogens is 4. The zero-order valence-electron chi connectivity index (χ0n) is 21.6. The molecule has 38 heavy (non-hydrogen) atoms. The van der Waals surface area contributed by atoms with Crippen molar-refractivity contribution in [2.45, 2.75) is 45.4 Å². The Balaban J connectivity index is 1.55. The van der Waals surface area contributed by atoms with Crippen LogP contribution in [0.25, 0.3) is 11.0 Å². The number of benzene rings is 2. The molecule has 2 aromatic carbocycles. The fourth-order valence-corrected chi connectivity index (χ4v) is 5.82. The molecule has 1 amide bonds. The number of carbonyl (C=O) groups excluding carboxylic acids is 1. The molecule has 1 atom stereocenters. The van der Waals surface area contributed by atoms with Gasteiger partial charge in [-0.15, -0.1) is 0 Å². The zero-order chi connectivity index (χ0) is 27.5. The van der Waals surface area contributed by atoms with Gasteiger partial charge in [-0.3, -0.25) is 14.4 Å². The second-order valence-corrected chi connectivity index (χ2v) is 17.1. The van der Waals surface area contributed by atoms with Crippen molar-refractivity contribution < 1.29 is 22.7 Å². The smallest absolute Gasteiger partial charge is 0.280 e. The maximum Gasteiger partial charge on any atom is 0.280 e. The van der Waals surface area contributed by atoms with Gasteiger partial charge in [-0.25, -0.2) is 18.2 Å². The Morgan fingerprint density at radius 2 is 1.84 bits per heavy atom. The first-order chi connectivity index (χ1) is 17.9. The Bertz CT molecular complexity index is 1580. The van der Waals surface area contributed by atoms with Crippen LogP contribution in [0.1, 0.15) is 33.4 Å². The fraction of sp³-hybridized carbons (Fsp3) is 0.346. The van der Waals surface area contributed by atoms with Crippen LogP contribution in [0, 0.1) is 24.4 Å². The van der Waals surface area contributed by atoms with Crippen molar-refractivity contribution >= 4 is 46.6 Å². The van der Waals surface area contributed by atoms with Gasteiger partial charge in [0, 0.05) is 38.7 Å². The normalized spacial score (nSPS) is 15.7. The maximum absolute atomic E-state index is 15.3. The highest BCUT2D eigenvalue weighted by atomic mass is 79.9. The molecule has 0 fully saturated rings. The molecule has 0 aliphatic carbocycles. The Hall–Kier alpha value is -2.96. The van der Waals surface area contributed by atoms with Gasteiger partial charge in [-0.1, -0.05) is 19.6 Å². The molecule has 200 valence electrons. The summed E-state index contributed by atoms with van der Waals surface area (Å²) >= 11 is 2.85. The summed E-state index contributed by atoms with van der Waals surface area (Å²) in [6.07, 6.45) is 1.65. The van der Waals surface area contributed by atoms with E-state index in [2.05, 4.69) is 45.7 Å². The van der Waals surface area contributed by atoms with Crippen molar-refractivity contribution in [3.05, 3.63) is 75.0 Å². The molecule has 1 unspecified atom stereocenters. The molecule has 12 heteroatoms. The van der Waals surface area contributed by atoms with Crippen molar-refractivity contribution in [3.8, 4) is 0 Å². The second-order valence-electron chi connectivity index (χ2n) is 10.7. The Labute approximate surface area is 227 Å². The van der Waals surface area contributed by atoms with Gasteiger partial charge in [-0.05, 0) is 53.2 Å². The number of halogens is 4. The lowest BCUT2D eigenvalue weighted by Gasteiger charge is -2.27. The molecular formula is C26H27BrF3N5O2Si. The minimum Gasteiger partial charge on any atom is -0.361 e. The van der Waals surface area contributed by atoms with Crippen LogP contribution < -0.4 is 4.90 Å². The van der Waals surface area contributed by atoms with E-state index < -0.39 is 43.0 Å². The van der Waals surface area contributed by atoms with Gasteiger partial charge in [0.05, 0.1) is 33.4 Å². The van der Waals surface area contributed by atoms with Crippen molar-refractivity contribution in [3.63, 3.8) is 0 Å². The van der Waals surface area contributed by atoms with Gasteiger partial charge >= 0.3 is 0 Å². The number of imidazole rings is 1. The lowest BCUT2D eigenvalue weighted by Crippen LogP contribution is -2.31. The minimum absolute atomic E-state index is 0.0681. The summed E-state index contributed by atoms with van der Waals surface area (Å²) in [5.74, 6) is -4.11. The lowest BCUT2D eigenvalue weighted by atomic mass is 9.97. The number of aryl methyl sites for hydroxylation is 1. The summed E-state index contributed by atoms with van der Waals surface area (Å²) in [7, 11) is 0.427. The molecular weight excluding hydrogens is 579 g/mol. The highest BCUT2D eigenvalue weighted by Crippen LogP contribution is 2.45. The van der Waals surface area contributed by atoms with E-state index in [1.54, 1.807) is 38.5 Å². The third-order valence-electron chi connectivity index (χ3n) is 6.87. The second kappa shape index (κ2) is 9.65. The number of fused-ring (bicyclic) bond motifs is 2. The Kier molecular flexibility index (Phi) is 6.77. The van der Waals surface area contributed by atoms with Crippen molar-refractivity contribution in [2.24, 2.45) is 7.05 Å². The number of anilines is 1. The Morgan fingerprint density at radius 1 is 1.11 bits per heavy atom. The number of hydrogen-bond donors (Lipinski definition) is 0. The Morgan fingerprint density at radius 3 is 2.55 bits per heavy atom. The van der Waals surface area contributed by atoms with Gasteiger partial charge in [0.25, 0.3) is 5.91 Å². The fourth-order valence-electron chi connectivity index (χ4n) is 4.69.